The smallest absolute Gasteiger partial charge is 0.224 e. The molecular formula is C23H20FN3O2. The Morgan fingerprint density at radius 2 is 2.00 bits per heavy atom. The van der Waals surface area contributed by atoms with Crippen molar-refractivity contribution in [3.8, 4) is 11.5 Å². The van der Waals surface area contributed by atoms with Gasteiger partial charge in [-0.05, 0) is 66.1 Å². The zero-order chi connectivity index (χ0) is 20.2. The molecule has 0 aliphatic rings. The van der Waals surface area contributed by atoms with Crippen LogP contribution in [0, 0.1) is 12.7 Å². The topological polar surface area (TPSA) is 67.0 Å². The van der Waals surface area contributed by atoms with E-state index in [0.717, 1.165) is 27.7 Å². The van der Waals surface area contributed by atoms with Crippen LogP contribution in [0.25, 0.3) is 11.0 Å². The minimum absolute atomic E-state index is 0.0564. The van der Waals surface area contributed by atoms with Gasteiger partial charge in [0.2, 0.25) is 5.91 Å². The van der Waals surface area contributed by atoms with Gasteiger partial charge in [-0.25, -0.2) is 9.37 Å². The van der Waals surface area contributed by atoms with E-state index in [1.54, 1.807) is 18.3 Å². The maximum Gasteiger partial charge on any atom is 0.224 e. The Bertz CT molecular complexity index is 1150. The molecular weight excluding hydrogens is 369 g/mol. The number of aryl methyl sites for hydroxylation is 1. The molecule has 1 amide bonds. The molecule has 0 saturated heterocycles. The van der Waals surface area contributed by atoms with E-state index in [0.29, 0.717) is 18.0 Å². The van der Waals surface area contributed by atoms with Crippen molar-refractivity contribution in [3.63, 3.8) is 0 Å². The number of halogens is 1. The van der Waals surface area contributed by atoms with Crippen LogP contribution in [0.15, 0.2) is 67.0 Å². The second-order valence-electron chi connectivity index (χ2n) is 6.82. The Balaban J connectivity index is 1.36. The molecule has 29 heavy (non-hydrogen) atoms. The SMILES string of the molecule is Cc1cc(CNC(=O)Cc2c[nH]c3ncccc23)ccc1Oc1ccc(F)cc1. The van der Waals surface area contributed by atoms with Gasteiger partial charge in [-0.3, -0.25) is 4.79 Å². The molecule has 2 N–H and O–H groups in total. The van der Waals surface area contributed by atoms with Crippen molar-refractivity contribution in [3.05, 3.63) is 89.5 Å². The van der Waals surface area contributed by atoms with Gasteiger partial charge in [0, 0.05) is 24.3 Å². The van der Waals surface area contributed by atoms with Crippen molar-refractivity contribution in [2.75, 3.05) is 0 Å². The van der Waals surface area contributed by atoms with Crippen LogP contribution in [0.1, 0.15) is 16.7 Å². The fourth-order valence-corrected chi connectivity index (χ4v) is 3.16. The van der Waals surface area contributed by atoms with Crippen LogP contribution >= 0.6 is 0 Å². The first-order valence-electron chi connectivity index (χ1n) is 9.29. The van der Waals surface area contributed by atoms with E-state index in [1.165, 1.54) is 12.1 Å². The standard InChI is InChI=1S/C23H20FN3O2/c1-15-11-16(4-9-21(15)29-19-7-5-18(24)6-8-19)13-26-22(28)12-17-14-27-23-20(17)3-2-10-25-23/h2-11,14H,12-13H2,1H3,(H,25,27)(H,26,28). The van der Waals surface area contributed by atoms with Gasteiger partial charge in [-0.15, -0.1) is 0 Å². The third kappa shape index (κ3) is 4.43. The zero-order valence-electron chi connectivity index (χ0n) is 15.9. The molecule has 2 aromatic carbocycles. The molecule has 0 aliphatic heterocycles. The van der Waals surface area contributed by atoms with Crippen LogP contribution in [-0.2, 0) is 17.8 Å². The van der Waals surface area contributed by atoms with Crippen molar-refractivity contribution in [2.45, 2.75) is 19.9 Å². The quantitative estimate of drug-likeness (QED) is 0.504. The number of pyridine rings is 1. The first-order chi connectivity index (χ1) is 14.1. The molecule has 2 aromatic heterocycles. The molecule has 0 fully saturated rings. The molecule has 5 nitrogen and oxygen atoms in total. The molecule has 0 bridgehead atoms. The Morgan fingerprint density at radius 1 is 1.17 bits per heavy atom. The van der Waals surface area contributed by atoms with E-state index < -0.39 is 0 Å². The summed E-state index contributed by atoms with van der Waals surface area (Å²) in [5, 5.41) is 3.91. The van der Waals surface area contributed by atoms with Gasteiger partial charge in [-0.1, -0.05) is 12.1 Å². The van der Waals surface area contributed by atoms with Gasteiger partial charge in [-0.2, -0.15) is 0 Å². The van der Waals surface area contributed by atoms with E-state index in [2.05, 4.69) is 15.3 Å². The summed E-state index contributed by atoms with van der Waals surface area (Å²) in [6.07, 6.45) is 3.83. The molecule has 0 unspecified atom stereocenters. The minimum Gasteiger partial charge on any atom is -0.457 e. The molecule has 0 atom stereocenters. The van der Waals surface area contributed by atoms with Crippen molar-refractivity contribution >= 4 is 16.9 Å². The van der Waals surface area contributed by atoms with Gasteiger partial charge in [0.1, 0.15) is 23.0 Å². The highest BCUT2D eigenvalue weighted by Crippen LogP contribution is 2.26. The first-order valence-corrected chi connectivity index (χ1v) is 9.29. The maximum atomic E-state index is 13.0. The lowest BCUT2D eigenvalue weighted by molar-refractivity contribution is -0.120. The van der Waals surface area contributed by atoms with Crippen molar-refractivity contribution in [2.24, 2.45) is 0 Å². The zero-order valence-corrected chi connectivity index (χ0v) is 15.9. The van der Waals surface area contributed by atoms with Crippen LogP contribution < -0.4 is 10.1 Å². The van der Waals surface area contributed by atoms with E-state index in [-0.39, 0.29) is 18.1 Å². The second-order valence-corrected chi connectivity index (χ2v) is 6.82. The van der Waals surface area contributed by atoms with Gasteiger partial charge in [0.25, 0.3) is 0 Å². The van der Waals surface area contributed by atoms with Crippen molar-refractivity contribution < 1.29 is 13.9 Å². The molecule has 0 saturated carbocycles. The van der Waals surface area contributed by atoms with Crippen LogP contribution in [-0.4, -0.2) is 15.9 Å². The number of fused-ring (bicyclic) bond motifs is 1. The summed E-state index contributed by atoms with van der Waals surface area (Å²) in [5.74, 6) is 0.907. The summed E-state index contributed by atoms with van der Waals surface area (Å²) in [6.45, 7) is 2.36. The number of carbonyl (C=O) groups excluding carboxylic acids is 1. The molecule has 4 aromatic rings. The number of nitrogens with zero attached hydrogens (tertiary/aromatic N) is 1. The lowest BCUT2D eigenvalue weighted by Crippen LogP contribution is -2.24. The van der Waals surface area contributed by atoms with Crippen LogP contribution in [0.4, 0.5) is 4.39 Å². The highest BCUT2D eigenvalue weighted by atomic mass is 19.1. The predicted octanol–water partition coefficient (Wildman–Crippen LogP) is 4.66. The normalized spacial score (nSPS) is 10.8. The number of benzene rings is 2. The highest BCUT2D eigenvalue weighted by Gasteiger charge is 2.10. The summed E-state index contributed by atoms with van der Waals surface area (Å²) < 4.78 is 18.8. The number of ether oxygens (including phenoxy) is 1. The molecule has 4 rings (SSSR count). The van der Waals surface area contributed by atoms with Gasteiger partial charge in [0.15, 0.2) is 0 Å². The molecule has 2 heterocycles. The lowest BCUT2D eigenvalue weighted by Gasteiger charge is -2.11. The Labute approximate surface area is 167 Å². The maximum absolute atomic E-state index is 13.0. The number of rotatable bonds is 6. The van der Waals surface area contributed by atoms with E-state index >= 15 is 0 Å². The molecule has 6 heteroatoms. The number of hydrogen-bond acceptors (Lipinski definition) is 3. The lowest BCUT2D eigenvalue weighted by atomic mass is 10.1. The molecule has 0 radical (unpaired) electrons. The number of aromatic amines is 1. The summed E-state index contributed by atoms with van der Waals surface area (Å²) in [7, 11) is 0. The number of nitrogens with one attached hydrogen (secondary N) is 2. The Kier molecular flexibility index (Phi) is 5.24. The number of hydrogen-bond donors (Lipinski definition) is 2. The number of amides is 1. The van der Waals surface area contributed by atoms with Crippen LogP contribution in [0.5, 0.6) is 11.5 Å². The van der Waals surface area contributed by atoms with Gasteiger partial charge < -0.3 is 15.0 Å². The van der Waals surface area contributed by atoms with Gasteiger partial charge >= 0.3 is 0 Å². The minimum atomic E-state index is -0.302. The third-order valence-corrected chi connectivity index (χ3v) is 4.66. The number of H-pyrrole nitrogens is 1. The largest absolute Gasteiger partial charge is 0.457 e. The van der Waals surface area contributed by atoms with Crippen LogP contribution in [0.2, 0.25) is 0 Å². The first kappa shape index (κ1) is 18.7. The fraction of sp³-hybridized carbons (Fsp3) is 0.130. The van der Waals surface area contributed by atoms with Crippen LogP contribution in [0.3, 0.4) is 0 Å². The monoisotopic (exact) mass is 389 g/mol. The van der Waals surface area contributed by atoms with Crippen molar-refractivity contribution in [1.82, 2.24) is 15.3 Å². The molecule has 146 valence electrons. The second kappa shape index (κ2) is 8.14. The Morgan fingerprint density at radius 3 is 2.79 bits per heavy atom. The summed E-state index contributed by atoms with van der Waals surface area (Å²) >= 11 is 0. The third-order valence-electron chi connectivity index (χ3n) is 4.66. The summed E-state index contributed by atoms with van der Waals surface area (Å²) in [5.41, 5.74) is 3.61. The molecule has 0 aliphatic carbocycles. The number of carbonyl (C=O) groups is 1. The average Bonchev–Trinajstić information content (AvgIpc) is 3.13. The van der Waals surface area contributed by atoms with E-state index in [1.807, 2.05) is 43.5 Å². The molecule has 0 spiro atoms. The van der Waals surface area contributed by atoms with E-state index in [4.69, 9.17) is 4.74 Å². The summed E-state index contributed by atoms with van der Waals surface area (Å²) in [6, 6.07) is 15.4. The predicted molar refractivity (Wildman–Crippen MR) is 109 cm³/mol. The summed E-state index contributed by atoms with van der Waals surface area (Å²) in [4.78, 5) is 19.7. The highest BCUT2D eigenvalue weighted by molar-refractivity contribution is 5.87. The Hall–Kier alpha value is -3.67. The van der Waals surface area contributed by atoms with E-state index in [9.17, 15) is 9.18 Å². The average molecular weight is 389 g/mol. The van der Waals surface area contributed by atoms with Crippen molar-refractivity contribution in [1.29, 1.82) is 0 Å². The fourth-order valence-electron chi connectivity index (χ4n) is 3.16. The number of aromatic nitrogens is 2. The van der Waals surface area contributed by atoms with Gasteiger partial charge in [0.05, 0.1) is 6.42 Å².